The Hall–Kier alpha value is -4.60. The van der Waals surface area contributed by atoms with Gasteiger partial charge in [0.2, 0.25) is 5.91 Å². The van der Waals surface area contributed by atoms with E-state index in [0.29, 0.717) is 52.0 Å². The highest BCUT2D eigenvalue weighted by Crippen LogP contribution is 2.38. The molecule has 10 nitrogen and oxygen atoms in total. The lowest BCUT2D eigenvalue weighted by Gasteiger charge is -2.42. The van der Waals surface area contributed by atoms with Gasteiger partial charge in [0.1, 0.15) is 11.9 Å². The molecule has 0 bridgehead atoms. The third-order valence-corrected chi connectivity index (χ3v) is 10.4. The van der Waals surface area contributed by atoms with Crippen molar-refractivity contribution in [2.45, 2.75) is 64.1 Å². The summed E-state index contributed by atoms with van der Waals surface area (Å²) in [6, 6.07) is 18.1. The number of rotatable bonds is 8. The maximum atomic E-state index is 14.0. The quantitative estimate of drug-likeness (QED) is 0.143. The van der Waals surface area contributed by atoms with Crippen LogP contribution in [0.5, 0.6) is 0 Å². The van der Waals surface area contributed by atoms with Crippen LogP contribution in [0.2, 0.25) is 10.0 Å². The molecule has 1 amide bonds. The number of benzene rings is 3. The van der Waals surface area contributed by atoms with Crippen molar-refractivity contribution in [3.05, 3.63) is 99.7 Å². The van der Waals surface area contributed by atoms with E-state index in [2.05, 4.69) is 75.6 Å². The van der Waals surface area contributed by atoms with Gasteiger partial charge in [-0.1, -0.05) is 35.3 Å². The molecule has 7 rings (SSSR count). The monoisotopic (exact) mass is 727 g/mol. The number of halogens is 3. The summed E-state index contributed by atoms with van der Waals surface area (Å²) in [4.78, 5) is 21.6. The molecule has 0 saturated carbocycles. The first-order valence-corrected chi connectivity index (χ1v) is 17.9. The Morgan fingerprint density at radius 3 is 2.53 bits per heavy atom. The predicted octanol–water partition coefficient (Wildman–Crippen LogP) is 8.01. The van der Waals surface area contributed by atoms with Gasteiger partial charge in [-0.3, -0.25) is 19.7 Å². The van der Waals surface area contributed by atoms with Crippen LogP contribution >= 0.6 is 23.2 Å². The highest BCUT2D eigenvalue weighted by molar-refractivity contribution is 6.36. The van der Waals surface area contributed by atoms with E-state index in [1.165, 1.54) is 18.3 Å². The lowest BCUT2D eigenvalue weighted by Crippen LogP contribution is -2.52. The summed E-state index contributed by atoms with van der Waals surface area (Å²) in [6.07, 6.45) is 6.99. The second-order valence-corrected chi connectivity index (χ2v) is 15.0. The van der Waals surface area contributed by atoms with Gasteiger partial charge in [0, 0.05) is 72.5 Å². The summed E-state index contributed by atoms with van der Waals surface area (Å²) < 4.78 is 14.0. The van der Waals surface area contributed by atoms with Crippen LogP contribution in [0, 0.1) is 17.1 Å². The van der Waals surface area contributed by atoms with Gasteiger partial charge in [0.25, 0.3) is 0 Å². The Balaban J connectivity index is 1.25. The second kappa shape index (κ2) is 14.2. The molecule has 51 heavy (non-hydrogen) atoms. The van der Waals surface area contributed by atoms with Gasteiger partial charge in [-0.2, -0.15) is 5.26 Å². The fraction of sp³-hybridized carbons (Fsp3) is 0.342. The molecule has 4 N–H and O–H groups in total. The van der Waals surface area contributed by atoms with Gasteiger partial charge < -0.3 is 21.0 Å². The number of hydrazine groups is 2. The van der Waals surface area contributed by atoms with Crippen molar-refractivity contribution in [2.24, 2.45) is 0 Å². The summed E-state index contributed by atoms with van der Waals surface area (Å²) in [5, 5.41) is 20.1. The molecular formula is C38H40Cl2FN9O. The Labute approximate surface area is 307 Å². The summed E-state index contributed by atoms with van der Waals surface area (Å²) in [5.74, 6) is -0.423. The zero-order valence-corrected chi connectivity index (χ0v) is 30.2. The van der Waals surface area contributed by atoms with Crippen molar-refractivity contribution in [2.75, 3.05) is 35.2 Å². The van der Waals surface area contributed by atoms with E-state index in [9.17, 15) is 14.4 Å². The minimum Gasteiger partial charge on any atom is -0.373 e. The molecule has 2 fully saturated rings. The SMILES string of the molecule is CC(C)(C)N1CCC(N2C=C([C@@H](Nc3cc(Cl)c4ncc(C#N)c(Nc5ccc(F)c(Cl)c5)c4c3)c3cccc(N4CCCC4=O)c3)NN2)CC1. The Morgan fingerprint density at radius 2 is 1.82 bits per heavy atom. The molecule has 1 aromatic heterocycles. The number of nitrogens with zero attached hydrogens (tertiary/aromatic N) is 5. The molecule has 0 radical (unpaired) electrons. The number of hydrogen-bond acceptors (Lipinski definition) is 9. The standard InChI is InChI=1S/C38H40Cl2FN9O/c1-38(2,3)48-14-11-27(12-15-48)50-22-33(46-47-50)36(23-6-4-7-28(16-23)49-13-5-8-34(49)51)45-26-17-29-35(44-25-9-10-32(41)30(39)18-25)24(20-42)21-43-37(29)31(40)19-26/h4,6-7,9-10,16-19,21-22,27,36,45-47H,5,8,11-15H2,1-3H3,(H,43,44)/t36-/m0/s1. The molecular weight excluding hydrogens is 688 g/mol. The molecule has 3 aliphatic heterocycles. The molecule has 3 aromatic carbocycles. The summed E-state index contributed by atoms with van der Waals surface area (Å²) in [5.41, 5.74) is 12.1. The van der Waals surface area contributed by atoms with E-state index in [1.807, 2.05) is 35.2 Å². The number of hydrogen-bond donors (Lipinski definition) is 4. The maximum absolute atomic E-state index is 14.0. The molecule has 4 aromatic rings. The number of carbonyl (C=O) groups excluding carboxylic acids is 1. The van der Waals surface area contributed by atoms with Gasteiger partial charge in [0.05, 0.1) is 38.6 Å². The van der Waals surface area contributed by atoms with E-state index in [4.69, 9.17) is 23.2 Å². The average Bonchev–Trinajstić information content (AvgIpc) is 3.78. The van der Waals surface area contributed by atoms with Gasteiger partial charge in [-0.25, -0.2) is 4.39 Å². The minimum absolute atomic E-state index is 0.0438. The smallest absolute Gasteiger partial charge is 0.227 e. The number of piperidine rings is 1. The molecule has 0 unspecified atom stereocenters. The number of fused-ring (bicyclic) bond motifs is 1. The summed E-state index contributed by atoms with van der Waals surface area (Å²) in [7, 11) is 0. The second-order valence-electron chi connectivity index (χ2n) is 14.2. The Morgan fingerprint density at radius 1 is 1.04 bits per heavy atom. The van der Waals surface area contributed by atoms with E-state index >= 15 is 0 Å². The highest BCUT2D eigenvalue weighted by Gasteiger charge is 2.32. The number of pyridine rings is 1. The van der Waals surface area contributed by atoms with E-state index in [0.717, 1.165) is 49.3 Å². The summed E-state index contributed by atoms with van der Waals surface area (Å²) >= 11 is 13.0. The van der Waals surface area contributed by atoms with Gasteiger partial charge in [0.15, 0.2) is 0 Å². The molecule has 1 atom stereocenters. The van der Waals surface area contributed by atoms with Crippen LogP contribution in [-0.2, 0) is 4.79 Å². The van der Waals surface area contributed by atoms with Crippen LogP contribution < -0.4 is 26.5 Å². The van der Waals surface area contributed by atoms with Gasteiger partial charge in [-0.15, -0.1) is 5.53 Å². The fourth-order valence-electron chi connectivity index (χ4n) is 7.08. The number of amides is 1. The van der Waals surface area contributed by atoms with Gasteiger partial charge >= 0.3 is 0 Å². The normalized spacial score (nSPS) is 17.7. The zero-order chi connectivity index (χ0) is 35.9. The molecule has 13 heteroatoms. The minimum atomic E-state index is -0.542. The Bertz CT molecular complexity index is 2050. The lowest BCUT2D eigenvalue weighted by atomic mass is 9.97. The number of aromatic nitrogens is 1. The maximum Gasteiger partial charge on any atom is 0.227 e. The molecule has 4 heterocycles. The number of nitrogens with one attached hydrogen (secondary N) is 4. The first-order chi connectivity index (χ1) is 24.5. The van der Waals surface area contributed by atoms with Crippen molar-refractivity contribution in [3.63, 3.8) is 0 Å². The molecule has 0 spiro atoms. The van der Waals surface area contributed by atoms with Crippen LogP contribution in [0.25, 0.3) is 10.9 Å². The number of likely N-dealkylation sites (tertiary alicyclic amines) is 1. The third kappa shape index (κ3) is 7.28. The number of carbonyl (C=O) groups is 1. The van der Waals surface area contributed by atoms with Crippen molar-refractivity contribution in [1.82, 2.24) is 25.9 Å². The topological polar surface area (TPSA) is 112 Å². The molecule has 2 saturated heterocycles. The fourth-order valence-corrected chi connectivity index (χ4v) is 7.53. The van der Waals surface area contributed by atoms with Crippen molar-refractivity contribution in [1.29, 1.82) is 5.26 Å². The first-order valence-electron chi connectivity index (χ1n) is 17.2. The molecule has 0 aliphatic carbocycles. The average molecular weight is 729 g/mol. The van der Waals surface area contributed by atoms with Crippen LogP contribution in [0.3, 0.4) is 0 Å². The third-order valence-electron chi connectivity index (χ3n) is 9.86. The van der Waals surface area contributed by atoms with Crippen LogP contribution in [0.4, 0.5) is 27.1 Å². The van der Waals surface area contributed by atoms with Gasteiger partial charge in [-0.05, 0) is 88.1 Å². The molecule has 264 valence electrons. The summed E-state index contributed by atoms with van der Waals surface area (Å²) in [6.45, 7) is 9.49. The van der Waals surface area contributed by atoms with Crippen molar-refractivity contribution in [3.8, 4) is 6.07 Å². The van der Waals surface area contributed by atoms with E-state index in [1.54, 1.807) is 6.07 Å². The lowest BCUT2D eigenvalue weighted by molar-refractivity contribution is -0.117. The largest absolute Gasteiger partial charge is 0.373 e. The van der Waals surface area contributed by atoms with E-state index < -0.39 is 5.82 Å². The zero-order valence-electron chi connectivity index (χ0n) is 28.7. The predicted molar refractivity (Wildman–Crippen MR) is 201 cm³/mol. The number of anilines is 4. The Kier molecular flexibility index (Phi) is 9.70. The first kappa shape index (κ1) is 34.8. The highest BCUT2D eigenvalue weighted by atomic mass is 35.5. The number of nitriles is 1. The van der Waals surface area contributed by atoms with Crippen LogP contribution in [-0.4, -0.2) is 52.0 Å². The van der Waals surface area contributed by atoms with E-state index in [-0.39, 0.29) is 28.1 Å². The van der Waals surface area contributed by atoms with Crippen molar-refractivity contribution < 1.29 is 9.18 Å². The molecule has 3 aliphatic rings. The van der Waals surface area contributed by atoms with Crippen molar-refractivity contribution >= 4 is 62.8 Å². The van der Waals surface area contributed by atoms with Crippen LogP contribution in [0.15, 0.2) is 72.7 Å². The van der Waals surface area contributed by atoms with Crippen LogP contribution in [0.1, 0.15) is 63.6 Å².